The van der Waals surface area contributed by atoms with E-state index < -0.39 is 5.82 Å². The highest BCUT2D eigenvalue weighted by molar-refractivity contribution is 9.10. The molecule has 0 radical (unpaired) electrons. The lowest BCUT2D eigenvalue weighted by Gasteiger charge is -2.11. The second-order valence-electron chi connectivity index (χ2n) is 3.81. The van der Waals surface area contributed by atoms with Crippen LogP contribution < -0.4 is 15.2 Å². The first-order valence-corrected chi connectivity index (χ1v) is 6.54. The fraction of sp³-hybridized carbons (Fsp3) is 0.143. The SMILES string of the molecule is CCOc1cc(Oc2ccc(Br)cc2)c(N)cc1F. The van der Waals surface area contributed by atoms with Crippen LogP contribution in [0.4, 0.5) is 10.1 Å². The molecule has 3 nitrogen and oxygen atoms in total. The zero-order valence-corrected chi connectivity index (χ0v) is 11.9. The summed E-state index contributed by atoms with van der Waals surface area (Å²) >= 11 is 3.34. The van der Waals surface area contributed by atoms with Gasteiger partial charge >= 0.3 is 0 Å². The van der Waals surface area contributed by atoms with Crippen molar-refractivity contribution in [3.8, 4) is 17.2 Å². The van der Waals surface area contributed by atoms with Crippen molar-refractivity contribution in [1.82, 2.24) is 0 Å². The molecule has 0 spiro atoms. The Morgan fingerprint density at radius 3 is 2.47 bits per heavy atom. The molecular weight excluding hydrogens is 313 g/mol. The fourth-order valence-electron chi connectivity index (χ4n) is 1.53. The summed E-state index contributed by atoms with van der Waals surface area (Å²) in [6.07, 6.45) is 0. The fourth-order valence-corrected chi connectivity index (χ4v) is 1.80. The molecule has 0 bridgehead atoms. The first-order chi connectivity index (χ1) is 9.10. The van der Waals surface area contributed by atoms with Crippen LogP contribution in [0.15, 0.2) is 40.9 Å². The first kappa shape index (κ1) is 13.7. The van der Waals surface area contributed by atoms with E-state index in [1.54, 1.807) is 19.1 Å². The summed E-state index contributed by atoms with van der Waals surface area (Å²) < 4.78 is 25.3. The molecule has 0 atom stereocenters. The van der Waals surface area contributed by atoms with Crippen LogP contribution in [0.3, 0.4) is 0 Å². The summed E-state index contributed by atoms with van der Waals surface area (Å²) in [4.78, 5) is 0. The Morgan fingerprint density at radius 1 is 1.16 bits per heavy atom. The van der Waals surface area contributed by atoms with Crippen LogP contribution in [0.2, 0.25) is 0 Å². The average molecular weight is 326 g/mol. The maximum Gasteiger partial charge on any atom is 0.167 e. The van der Waals surface area contributed by atoms with Crippen LogP contribution in [0.25, 0.3) is 0 Å². The number of halogens is 2. The van der Waals surface area contributed by atoms with Crippen molar-refractivity contribution >= 4 is 21.6 Å². The van der Waals surface area contributed by atoms with Crippen LogP contribution >= 0.6 is 15.9 Å². The van der Waals surface area contributed by atoms with E-state index in [4.69, 9.17) is 15.2 Å². The van der Waals surface area contributed by atoms with Gasteiger partial charge in [0.05, 0.1) is 12.3 Å². The summed E-state index contributed by atoms with van der Waals surface area (Å²) in [6, 6.07) is 9.91. The maximum atomic E-state index is 13.5. The van der Waals surface area contributed by atoms with E-state index in [1.807, 2.05) is 12.1 Å². The van der Waals surface area contributed by atoms with E-state index in [1.165, 1.54) is 12.1 Å². The molecule has 2 rings (SSSR count). The Labute approximate surface area is 119 Å². The van der Waals surface area contributed by atoms with E-state index in [-0.39, 0.29) is 11.4 Å². The van der Waals surface area contributed by atoms with Crippen molar-refractivity contribution in [3.63, 3.8) is 0 Å². The van der Waals surface area contributed by atoms with Crippen LogP contribution in [0.5, 0.6) is 17.2 Å². The number of hydrogen-bond acceptors (Lipinski definition) is 3. The van der Waals surface area contributed by atoms with E-state index in [0.717, 1.165) is 4.47 Å². The zero-order valence-electron chi connectivity index (χ0n) is 10.3. The topological polar surface area (TPSA) is 44.5 Å². The maximum absolute atomic E-state index is 13.5. The lowest BCUT2D eigenvalue weighted by Crippen LogP contribution is -1.98. The molecule has 2 N–H and O–H groups in total. The lowest BCUT2D eigenvalue weighted by atomic mass is 10.2. The predicted molar refractivity (Wildman–Crippen MR) is 76.2 cm³/mol. The normalized spacial score (nSPS) is 10.3. The van der Waals surface area contributed by atoms with Gasteiger partial charge in [-0.05, 0) is 31.2 Å². The van der Waals surface area contributed by atoms with Crippen LogP contribution in [0, 0.1) is 5.82 Å². The Hall–Kier alpha value is -1.75. The summed E-state index contributed by atoms with van der Waals surface area (Å²) in [6.45, 7) is 2.16. The van der Waals surface area contributed by atoms with Gasteiger partial charge in [0.15, 0.2) is 17.3 Å². The van der Waals surface area contributed by atoms with Crippen molar-refractivity contribution in [2.24, 2.45) is 0 Å². The highest BCUT2D eigenvalue weighted by Crippen LogP contribution is 2.33. The number of hydrogen-bond donors (Lipinski definition) is 1. The number of ether oxygens (including phenoxy) is 2. The van der Waals surface area contributed by atoms with Gasteiger partial charge in [0.2, 0.25) is 0 Å². The number of nitrogen functional groups attached to an aromatic ring is 1. The van der Waals surface area contributed by atoms with E-state index in [2.05, 4.69) is 15.9 Å². The van der Waals surface area contributed by atoms with Gasteiger partial charge in [0.25, 0.3) is 0 Å². The molecule has 0 aliphatic heterocycles. The molecule has 0 saturated carbocycles. The average Bonchev–Trinajstić information content (AvgIpc) is 2.38. The molecule has 2 aromatic rings. The van der Waals surface area contributed by atoms with Crippen molar-refractivity contribution in [2.45, 2.75) is 6.92 Å². The Kier molecular flexibility index (Phi) is 4.27. The first-order valence-electron chi connectivity index (χ1n) is 5.75. The predicted octanol–water partition coefficient (Wildman–Crippen LogP) is 4.36. The highest BCUT2D eigenvalue weighted by atomic mass is 79.9. The molecule has 2 aromatic carbocycles. The lowest BCUT2D eigenvalue weighted by molar-refractivity contribution is 0.319. The third-order valence-electron chi connectivity index (χ3n) is 2.41. The summed E-state index contributed by atoms with van der Waals surface area (Å²) in [5.74, 6) is 0.613. The Morgan fingerprint density at radius 2 is 1.84 bits per heavy atom. The summed E-state index contributed by atoms with van der Waals surface area (Å²) in [5.41, 5.74) is 5.96. The minimum atomic E-state index is -0.498. The number of nitrogens with two attached hydrogens (primary N) is 1. The number of rotatable bonds is 4. The van der Waals surface area contributed by atoms with Crippen molar-refractivity contribution in [2.75, 3.05) is 12.3 Å². The van der Waals surface area contributed by atoms with Crippen LogP contribution in [-0.2, 0) is 0 Å². The van der Waals surface area contributed by atoms with E-state index >= 15 is 0 Å². The van der Waals surface area contributed by atoms with Crippen molar-refractivity contribution < 1.29 is 13.9 Å². The van der Waals surface area contributed by atoms with Crippen molar-refractivity contribution in [3.05, 3.63) is 46.7 Å². The van der Waals surface area contributed by atoms with E-state index in [0.29, 0.717) is 18.1 Å². The van der Waals surface area contributed by atoms with Gasteiger partial charge < -0.3 is 15.2 Å². The number of benzene rings is 2. The summed E-state index contributed by atoms with van der Waals surface area (Å²) in [7, 11) is 0. The van der Waals surface area contributed by atoms with Crippen LogP contribution in [-0.4, -0.2) is 6.61 Å². The molecule has 0 saturated heterocycles. The van der Waals surface area contributed by atoms with Gasteiger partial charge in [-0.2, -0.15) is 0 Å². The molecule has 0 fully saturated rings. The second-order valence-corrected chi connectivity index (χ2v) is 4.73. The monoisotopic (exact) mass is 325 g/mol. The van der Waals surface area contributed by atoms with Gasteiger partial charge in [-0.25, -0.2) is 4.39 Å². The van der Waals surface area contributed by atoms with Gasteiger partial charge in [0.1, 0.15) is 5.75 Å². The zero-order chi connectivity index (χ0) is 13.8. The quantitative estimate of drug-likeness (QED) is 0.849. The van der Waals surface area contributed by atoms with E-state index in [9.17, 15) is 4.39 Å². The highest BCUT2D eigenvalue weighted by Gasteiger charge is 2.10. The standard InChI is InChI=1S/C14H13BrFNO2/c1-2-18-13-8-14(12(17)7-11(13)16)19-10-5-3-9(15)4-6-10/h3-8H,2,17H2,1H3. The van der Waals surface area contributed by atoms with Gasteiger partial charge in [0, 0.05) is 16.6 Å². The summed E-state index contributed by atoms with van der Waals surface area (Å²) in [5, 5.41) is 0. The van der Waals surface area contributed by atoms with Gasteiger partial charge in [-0.15, -0.1) is 0 Å². The molecule has 0 aliphatic rings. The molecule has 0 heterocycles. The third kappa shape index (κ3) is 3.38. The van der Waals surface area contributed by atoms with Gasteiger partial charge in [-0.3, -0.25) is 0 Å². The van der Waals surface area contributed by atoms with Crippen molar-refractivity contribution in [1.29, 1.82) is 0 Å². The molecule has 0 amide bonds. The smallest absolute Gasteiger partial charge is 0.167 e. The molecule has 0 unspecified atom stereocenters. The molecule has 19 heavy (non-hydrogen) atoms. The Bertz CT molecular complexity index is 572. The minimum absolute atomic E-state index is 0.129. The molecule has 0 aliphatic carbocycles. The third-order valence-corrected chi connectivity index (χ3v) is 2.93. The minimum Gasteiger partial charge on any atom is -0.491 e. The molecule has 0 aromatic heterocycles. The Balaban J connectivity index is 2.28. The molecular formula is C14H13BrFNO2. The van der Waals surface area contributed by atoms with Crippen LogP contribution in [0.1, 0.15) is 6.92 Å². The number of anilines is 1. The second kappa shape index (κ2) is 5.93. The molecule has 100 valence electrons. The molecule has 5 heteroatoms. The van der Waals surface area contributed by atoms with Gasteiger partial charge in [-0.1, -0.05) is 15.9 Å². The largest absolute Gasteiger partial charge is 0.491 e.